The van der Waals surface area contributed by atoms with Crippen molar-refractivity contribution in [2.45, 2.75) is 19.0 Å². The maximum Gasteiger partial charge on any atom is 0.212 e. The van der Waals surface area contributed by atoms with Gasteiger partial charge in [0, 0.05) is 35.7 Å². The predicted octanol–water partition coefficient (Wildman–Crippen LogP) is 3.49. The molecule has 116 valence electrons. The molecule has 1 aromatic carbocycles. The minimum atomic E-state index is -0.470. The molecule has 1 fully saturated rings. The van der Waals surface area contributed by atoms with Crippen LogP contribution >= 0.6 is 15.9 Å². The lowest BCUT2D eigenvalue weighted by molar-refractivity contribution is 0.529. The summed E-state index contributed by atoms with van der Waals surface area (Å²) in [5.41, 5.74) is 1.57. The van der Waals surface area contributed by atoms with Crippen LogP contribution in [-0.2, 0) is 6.54 Å². The van der Waals surface area contributed by atoms with Gasteiger partial charge in [-0.3, -0.25) is 0 Å². The zero-order valence-electron chi connectivity index (χ0n) is 11.9. The second-order valence-corrected chi connectivity index (χ2v) is 6.30. The molecule has 2 heterocycles. The van der Waals surface area contributed by atoms with Gasteiger partial charge >= 0.3 is 0 Å². The number of halogens is 3. The van der Waals surface area contributed by atoms with Gasteiger partial charge in [0.15, 0.2) is 0 Å². The fourth-order valence-electron chi connectivity index (χ4n) is 2.65. The van der Waals surface area contributed by atoms with Crippen molar-refractivity contribution < 1.29 is 8.78 Å². The van der Waals surface area contributed by atoms with Crippen molar-refractivity contribution >= 4 is 21.6 Å². The summed E-state index contributed by atoms with van der Waals surface area (Å²) in [4.78, 5) is 5.83. The molecule has 1 aliphatic rings. The summed E-state index contributed by atoms with van der Waals surface area (Å²) in [6, 6.07) is 8.33. The molecule has 1 saturated heterocycles. The Morgan fingerprint density at radius 2 is 2.14 bits per heavy atom. The molecule has 22 heavy (non-hydrogen) atoms. The van der Waals surface area contributed by atoms with Crippen molar-refractivity contribution in [3.8, 4) is 0 Å². The van der Waals surface area contributed by atoms with Crippen LogP contribution in [-0.4, -0.2) is 24.1 Å². The highest BCUT2D eigenvalue weighted by Gasteiger charge is 2.22. The Morgan fingerprint density at radius 3 is 2.91 bits per heavy atom. The number of nitrogens with one attached hydrogen (secondary N) is 1. The van der Waals surface area contributed by atoms with Crippen LogP contribution in [0.15, 0.2) is 41.0 Å². The van der Waals surface area contributed by atoms with Gasteiger partial charge in [0.2, 0.25) is 5.95 Å². The molecule has 0 spiro atoms. The summed E-state index contributed by atoms with van der Waals surface area (Å²) in [5, 5.41) is 3.38. The SMILES string of the molecule is Fc1ccc(N2CC[C@H](NCc3cc(Br)ccc3F)C2)cn1. The fraction of sp³-hybridized carbons (Fsp3) is 0.312. The molecule has 2 aromatic rings. The van der Waals surface area contributed by atoms with Crippen LogP contribution in [0.4, 0.5) is 14.5 Å². The van der Waals surface area contributed by atoms with E-state index in [-0.39, 0.29) is 11.9 Å². The molecule has 1 N–H and O–H groups in total. The summed E-state index contributed by atoms with van der Waals surface area (Å²) in [6.07, 6.45) is 2.51. The summed E-state index contributed by atoms with van der Waals surface area (Å²) >= 11 is 3.36. The van der Waals surface area contributed by atoms with Crippen molar-refractivity contribution in [2.75, 3.05) is 18.0 Å². The van der Waals surface area contributed by atoms with Gasteiger partial charge in [-0.2, -0.15) is 4.39 Å². The third-order valence-electron chi connectivity index (χ3n) is 3.85. The van der Waals surface area contributed by atoms with Crippen LogP contribution < -0.4 is 10.2 Å². The highest BCUT2D eigenvalue weighted by Crippen LogP contribution is 2.20. The first-order valence-electron chi connectivity index (χ1n) is 7.15. The summed E-state index contributed by atoms with van der Waals surface area (Å²) in [6.45, 7) is 2.18. The zero-order chi connectivity index (χ0) is 15.5. The highest BCUT2D eigenvalue weighted by atomic mass is 79.9. The van der Waals surface area contributed by atoms with Gasteiger partial charge in [0.1, 0.15) is 5.82 Å². The molecule has 1 aliphatic heterocycles. The Kier molecular flexibility index (Phi) is 4.69. The molecule has 0 amide bonds. The quantitative estimate of drug-likeness (QED) is 0.838. The van der Waals surface area contributed by atoms with Gasteiger partial charge in [0.05, 0.1) is 11.9 Å². The first-order valence-corrected chi connectivity index (χ1v) is 7.95. The van der Waals surface area contributed by atoms with Crippen LogP contribution in [0.3, 0.4) is 0 Å². The Balaban J connectivity index is 1.57. The zero-order valence-corrected chi connectivity index (χ0v) is 13.5. The Hall–Kier alpha value is -1.53. The lowest BCUT2D eigenvalue weighted by atomic mass is 10.2. The number of pyridine rings is 1. The van der Waals surface area contributed by atoms with Gasteiger partial charge < -0.3 is 10.2 Å². The maximum atomic E-state index is 13.7. The van der Waals surface area contributed by atoms with E-state index < -0.39 is 5.95 Å². The van der Waals surface area contributed by atoms with Crippen LogP contribution in [0.2, 0.25) is 0 Å². The van der Waals surface area contributed by atoms with Crippen LogP contribution in [0, 0.1) is 11.8 Å². The van der Waals surface area contributed by atoms with Crippen molar-refractivity contribution in [3.05, 3.63) is 58.3 Å². The molecule has 3 nitrogen and oxygen atoms in total. The first kappa shape index (κ1) is 15.4. The Morgan fingerprint density at radius 1 is 1.27 bits per heavy atom. The number of rotatable bonds is 4. The highest BCUT2D eigenvalue weighted by molar-refractivity contribution is 9.10. The van der Waals surface area contributed by atoms with E-state index in [9.17, 15) is 8.78 Å². The topological polar surface area (TPSA) is 28.2 Å². The lowest BCUT2D eigenvalue weighted by Crippen LogP contribution is -2.32. The molecule has 6 heteroatoms. The summed E-state index contributed by atoms with van der Waals surface area (Å²) in [7, 11) is 0. The minimum absolute atomic E-state index is 0.201. The fourth-order valence-corrected chi connectivity index (χ4v) is 3.06. The molecule has 0 bridgehead atoms. The van der Waals surface area contributed by atoms with E-state index in [0.717, 1.165) is 29.7 Å². The van der Waals surface area contributed by atoms with E-state index in [0.29, 0.717) is 12.1 Å². The van der Waals surface area contributed by atoms with Gasteiger partial charge in [-0.15, -0.1) is 0 Å². The average molecular weight is 368 g/mol. The van der Waals surface area contributed by atoms with E-state index in [1.54, 1.807) is 24.4 Å². The maximum absolute atomic E-state index is 13.7. The van der Waals surface area contributed by atoms with Gasteiger partial charge in [0.25, 0.3) is 0 Å². The molecule has 1 aromatic heterocycles. The smallest absolute Gasteiger partial charge is 0.212 e. The monoisotopic (exact) mass is 367 g/mol. The van der Waals surface area contributed by atoms with Crippen molar-refractivity contribution in [1.82, 2.24) is 10.3 Å². The Labute approximate surface area is 136 Å². The molecule has 3 rings (SSSR count). The number of benzene rings is 1. The number of nitrogens with zero attached hydrogens (tertiary/aromatic N) is 2. The Bertz CT molecular complexity index is 648. The van der Waals surface area contributed by atoms with Gasteiger partial charge in [-0.05, 0) is 36.8 Å². The van der Waals surface area contributed by atoms with Crippen LogP contribution in [0.1, 0.15) is 12.0 Å². The van der Waals surface area contributed by atoms with Gasteiger partial charge in [-0.1, -0.05) is 15.9 Å². The molecule has 0 aliphatic carbocycles. The number of hydrogen-bond donors (Lipinski definition) is 1. The third kappa shape index (κ3) is 3.62. The first-order chi connectivity index (χ1) is 10.6. The molecule has 0 radical (unpaired) electrons. The van der Waals surface area contributed by atoms with Crippen molar-refractivity contribution in [2.24, 2.45) is 0 Å². The van der Waals surface area contributed by atoms with Crippen LogP contribution in [0.25, 0.3) is 0 Å². The summed E-state index contributed by atoms with van der Waals surface area (Å²) in [5.74, 6) is -0.670. The van der Waals surface area contributed by atoms with Crippen molar-refractivity contribution in [3.63, 3.8) is 0 Å². The largest absolute Gasteiger partial charge is 0.369 e. The second kappa shape index (κ2) is 6.71. The summed E-state index contributed by atoms with van der Waals surface area (Å²) < 4.78 is 27.4. The molecule has 1 atom stereocenters. The molecule has 0 saturated carbocycles. The average Bonchev–Trinajstić information content (AvgIpc) is 2.98. The van der Waals surface area contributed by atoms with Gasteiger partial charge in [-0.25, -0.2) is 9.37 Å². The van der Waals surface area contributed by atoms with E-state index >= 15 is 0 Å². The minimum Gasteiger partial charge on any atom is -0.369 e. The number of anilines is 1. The van der Waals surface area contributed by atoms with Crippen molar-refractivity contribution in [1.29, 1.82) is 0 Å². The third-order valence-corrected chi connectivity index (χ3v) is 4.35. The van der Waals surface area contributed by atoms with E-state index in [1.807, 2.05) is 0 Å². The molecular formula is C16H16BrF2N3. The van der Waals surface area contributed by atoms with E-state index in [1.165, 1.54) is 12.1 Å². The predicted molar refractivity (Wildman–Crippen MR) is 85.8 cm³/mol. The lowest BCUT2D eigenvalue weighted by Gasteiger charge is -2.18. The van der Waals surface area contributed by atoms with E-state index in [2.05, 4.69) is 31.1 Å². The number of hydrogen-bond acceptors (Lipinski definition) is 3. The second-order valence-electron chi connectivity index (χ2n) is 5.39. The van der Waals surface area contributed by atoms with Crippen LogP contribution in [0.5, 0.6) is 0 Å². The molecular weight excluding hydrogens is 352 g/mol. The number of aromatic nitrogens is 1. The molecule has 0 unspecified atom stereocenters. The van der Waals surface area contributed by atoms with E-state index in [4.69, 9.17) is 0 Å². The standard InChI is InChI=1S/C16H16BrF2N3/c17-12-1-3-15(18)11(7-12)8-20-13-5-6-22(10-13)14-2-4-16(19)21-9-14/h1-4,7,9,13,20H,5-6,8,10H2/t13-/m0/s1. The normalized spacial score (nSPS) is 18.0.